The lowest BCUT2D eigenvalue weighted by Crippen LogP contribution is -2.27. The first-order valence-electron chi connectivity index (χ1n) is 5.15. The third-order valence-electron chi connectivity index (χ3n) is 2.64. The van der Waals surface area contributed by atoms with Crippen molar-refractivity contribution >= 4 is 11.7 Å². The number of aliphatic hydroxyl groups is 1. The molecule has 1 aliphatic heterocycles. The van der Waals surface area contributed by atoms with Gasteiger partial charge in [-0.25, -0.2) is 4.68 Å². The van der Waals surface area contributed by atoms with Gasteiger partial charge in [0.1, 0.15) is 5.82 Å². The van der Waals surface area contributed by atoms with Crippen LogP contribution in [-0.2, 0) is 11.3 Å². The van der Waals surface area contributed by atoms with Crippen molar-refractivity contribution in [3.63, 3.8) is 0 Å². The molecular formula is C11H13N3O2. The van der Waals surface area contributed by atoms with Gasteiger partial charge in [0.25, 0.3) is 0 Å². The fourth-order valence-corrected chi connectivity index (χ4v) is 1.86. The maximum atomic E-state index is 11.7. The van der Waals surface area contributed by atoms with Crippen LogP contribution in [0.1, 0.15) is 6.42 Å². The van der Waals surface area contributed by atoms with E-state index in [0.29, 0.717) is 25.3 Å². The van der Waals surface area contributed by atoms with Crippen LogP contribution in [0.5, 0.6) is 0 Å². The van der Waals surface area contributed by atoms with Crippen LogP contribution in [0.2, 0.25) is 0 Å². The summed E-state index contributed by atoms with van der Waals surface area (Å²) in [5.74, 6) is 3.29. The van der Waals surface area contributed by atoms with Crippen molar-refractivity contribution in [1.82, 2.24) is 9.78 Å². The number of amides is 1. The highest BCUT2D eigenvalue weighted by atomic mass is 16.3. The van der Waals surface area contributed by atoms with E-state index in [9.17, 15) is 4.79 Å². The Bertz CT molecular complexity index is 433. The van der Waals surface area contributed by atoms with E-state index in [4.69, 9.17) is 11.5 Å². The number of hydrogen-bond acceptors (Lipinski definition) is 3. The van der Waals surface area contributed by atoms with Gasteiger partial charge in [0.2, 0.25) is 5.91 Å². The summed E-state index contributed by atoms with van der Waals surface area (Å²) in [6.07, 6.45) is 7.32. The number of carbonyl (C=O) groups excluding carboxylic acids is 1. The lowest BCUT2D eigenvalue weighted by atomic mass is 10.1. The molecule has 16 heavy (non-hydrogen) atoms. The minimum atomic E-state index is -0.0232. The number of hydrogen-bond donors (Lipinski definition) is 1. The Labute approximate surface area is 93.7 Å². The second kappa shape index (κ2) is 4.37. The first kappa shape index (κ1) is 10.7. The number of rotatable bonds is 3. The van der Waals surface area contributed by atoms with Gasteiger partial charge < -0.3 is 5.11 Å². The van der Waals surface area contributed by atoms with Crippen molar-refractivity contribution in [3.8, 4) is 12.3 Å². The summed E-state index contributed by atoms with van der Waals surface area (Å²) in [6.45, 7) is 0.911. The zero-order valence-corrected chi connectivity index (χ0v) is 8.83. The molecule has 1 saturated heterocycles. The summed E-state index contributed by atoms with van der Waals surface area (Å²) >= 11 is 0. The van der Waals surface area contributed by atoms with Crippen LogP contribution < -0.4 is 4.90 Å². The Balaban J connectivity index is 2.21. The topological polar surface area (TPSA) is 58.4 Å². The van der Waals surface area contributed by atoms with E-state index in [1.54, 1.807) is 21.8 Å². The van der Waals surface area contributed by atoms with Gasteiger partial charge in [0.05, 0.1) is 19.3 Å². The number of terminal acetylenes is 1. The molecule has 0 bridgehead atoms. The van der Waals surface area contributed by atoms with E-state index in [0.717, 1.165) is 0 Å². The normalized spacial score (nSPS) is 20.1. The predicted molar refractivity (Wildman–Crippen MR) is 58.6 cm³/mol. The summed E-state index contributed by atoms with van der Waals surface area (Å²) < 4.78 is 1.61. The SMILES string of the molecule is C#CC1CC(=O)N(c2ccnn2CCO)C1. The van der Waals surface area contributed by atoms with Gasteiger partial charge in [0, 0.05) is 24.9 Å². The molecule has 5 heteroatoms. The summed E-state index contributed by atoms with van der Waals surface area (Å²) in [4.78, 5) is 13.4. The fourth-order valence-electron chi connectivity index (χ4n) is 1.86. The molecule has 1 aromatic rings. The van der Waals surface area contributed by atoms with Crippen LogP contribution in [0.25, 0.3) is 0 Å². The van der Waals surface area contributed by atoms with E-state index < -0.39 is 0 Å². The minimum Gasteiger partial charge on any atom is -0.394 e. The summed E-state index contributed by atoms with van der Waals surface area (Å²) in [6, 6.07) is 1.76. The number of anilines is 1. The van der Waals surface area contributed by atoms with Gasteiger partial charge in [-0.1, -0.05) is 0 Å². The summed E-state index contributed by atoms with van der Waals surface area (Å²) in [5.41, 5.74) is 0. The van der Waals surface area contributed by atoms with Crippen LogP contribution in [0, 0.1) is 18.3 Å². The third-order valence-corrected chi connectivity index (χ3v) is 2.64. The van der Waals surface area contributed by atoms with Gasteiger partial charge in [-0.15, -0.1) is 12.3 Å². The maximum absolute atomic E-state index is 11.7. The summed E-state index contributed by atoms with van der Waals surface area (Å²) in [5, 5.41) is 12.9. The minimum absolute atomic E-state index is 0.00468. The van der Waals surface area contributed by atoms with Crippen molar-refractivity contribution in [3.05, 3.63) is 12.3 Å². The molecule has 84 valence electrons. The number of nitrogens with zero attached hydrogens (tertiary/aromatic N) is 3. The van der Waals surface area contributed by atoms with E-state index in [2.05, 4.69) is 11.0 Å². The first-order chi connectivity index (χ1) is 7.76. The molecule has 1 aliphatic rings. The number of aliphatic hydroxyl groups excluding tert-OH is 1. The molecule has 0 aromatic carbocycles. The van der Waals surface area contributed by atoms with Crippen LogP contribution >= 0.6 is 0 Å². The van der Waals surface area contributed by atoms with Crippen LogP contribution in [0.15, 0.2) is 12.3 Å². The Morgan fingerprint density at radius 1 is 1.69 bits per heavy atom. The van der Waals surface area contributed by atoms with Gasteiger partial charge in [-0.05, 0) is 0 Å². The van der Waals surface area contributed by atoms with E-state index >= 15 is 0 Å². The van der Waals surface area contributed by atoms with Gasteiger partial charge >= 0.3 is 0 Å². The molecule has 1 atom stereocenters. The molecule has 1 amide bonds. The maximum Gasteiger partial charge on any atom is 0.229 e. The second-order valence-electron chi connectivity index (χ2n) is 3.71. The van der Waals surface area contributed by atoms with Gasteiger partial charge in [-0.3, -0.25) is 9.69 Å². The Morgan fingerprint density at radius 2 is 2.50 bits per heavy atom. The number of carbonyl (C=O) groups is 1. The van der Waals surface area contributed by atoms with Crippen LogP contribution in [-0.4, -0.2) is 33.9 Å². The van der Waals surface area contributed by atoms with Crippen molar-refractivity contribution in [1.29, 1.82) is 0 Å². The van der Waals surface area contributed by atoms with E-state index in [1.165, 1.54) is 0 Å². The molecule has 1 aromatic heterocycles. The quantitative estimate of drug-likeness (QED) is 0.720. The zero-order valence-electron chi connectivity index (χ0n) is 8.83. The molecule has 0 saturated carbocycles. The molecule has 1 N–H and O–H groups in total. The smallest absolute Gasteiger partial charge is 0.229 e. The molecule has 2 rings (SSSR count). The van der Waals surface area contributed by atoms with Crippen LogP contribution in [0.3, 0.4) is 0 Å². The molecule has 1 unspecified atom stereocenters. The fraction of sp³-hybridized carbons (Fsp3) is 0.455. The predicted octanol–water partition coefficient (Wildman–Crippen LogP) is -0.139. The molecule has 2 heterocycles. The van der Waals surface area contributed by atoms with Gasteiger partial charge in [-0.2, -0.15) is 5.10 Å². The highest BCUT2D eigenvalue weighted by Crippen LogP contribution is 2.24. The highest BCUT2D eigenvalue weighted by molar-refractivity contribution is 5.95. The monoisotopic (exact) mass is 219 g/mol. The third kappa shape index (κ3) is 1.79. The Hall–Kier alpha value is -1.80. The lowest BCUT2D eigenvalue weighted by Gasteiger charge is -2.16. The average Bonchev–Trinajstić information content (AvgIpc) is 2.85. The Kier molecular flexibility index (Phi) is 2.93. The lowest BCUT2D eigenvalue weighted by molar-refractivity contribution is -0.117. The largest absolute Gasteiger partial charge is 0.394 e. The van der Waals surface area contributed by atoms with Crippen LogP contribution in [0.4, 0.5) is 5.82 Å². The molecule has 0 aliphatic carbocycles. The zero-order chi connectivity index (χ0) is 11.5. The van der Waals surface area contributed by atoms with Crippen molar-refractivity contribution < 1.29 is 9.90 Å². The summed E-state index contributed by atoms with van der Waals surface area (Å²) in [7, 11) is 0. The van der Waals surface area contributed by atoms with Crippen molar-refractivity contribution in [2.75, 3.05) is 18.1 Å². The van der Waals surface area contributed by atoms with E-state index in [1.807, 2.05) is 0 Å². The van der Waals surface area contributed by atoms with Crippen molar-refractivity contribution in [2.24, 2.45) is 5.92 Å². The average molecular weight is 219 g/mol. The Morgan fingerprint density at radius 3 is 3.12 bits per heavy atom. The second-order valence-corrected chi connectivity index (χ2v) is 3.71. The first-order valence-corrected chi connectivity index (χ1v) is 5.15. The molecule has 5 nitrogen and oxygen atoms in total. The molecule has 0 radical (unpaired) electrons. The molecule has 1 fully saturated rings. The highest BCUT2D eigenvalue weighted by Gasteiger charge is 2.31. The molecular weight excluding hydrogens is 206 g/mol. The van der Waals surface area contributed by atoms with Crippen molar-refractivity contribution in [2.45, 2.75) is 13.0 Å². The molecule has 0 spiro atoms. The standard InChI is InChI=1S/C11H13N3O2/c1-2-9-7-11(16)13(8-9)10-3-4-12-14(10)5-6-15/h1,3-4,9,15H,5-8H2. The van der Waals surface area contributed by atoms with E-state index in [-0.39, 0.29) is 18.4 Å². The number of aromatic nitrogens is 2. The van der Waals surface area contributed by atoms with Gasteiger partial charge in [0.15, 0.2) is 0 Å².